The molecular formula is C17H19ClN2O2. The van der Waals surface area contributed by atoms with E-state index >= 15 is 0 Å². The van der Waals surface area contributed by atoms with Gasteiger partial charge in [0.1, 0.15) is 5.75 Å². The molecule has 116 valence electrons. The first kappa shape index (κ1) is 16.2. The van der Waals surface area contributed by atoms with Gasteiger partial charge in [0.25, 0.3) is 0 Å². The Bertz CT molecular complexity index is 646. The monoisotopic (exact) mass is 318 g/mol. The molecule has 2 rings (SSSR count). The zero-order chi connectivity index (χ0) is 16.1. The van der Waals surface area contributed by atoms with Crippen LogP contribution in [0.25, 0.3) is 0 Å². The second kappa shape index (κ2) is 7.18. The number of anilines is 1. The molecule has 0 radical (unpaired) electrons. The van der Waals surface area contributed by atoms with E-state index in [1.807, 2.05) is 50.2 Å². The van der Waals surface area contributed by atoms with Crippen molar-refractivity contribution >= 4 is 23.3 Å². The summed E-state index contributed by atoms with van der Waals surface area (Å²) < 4.78 is 5.10. The lowest BCUT2D eigenvalue weighted by atomic mass is 10.1. The Labute approximate surface area is 135 Å². The van der Waals surface area contributed by atoms with E-state index in [1.165, 1.54) is 0 Å². The van der Waals surface area contributed by atoms with E-state index in [1.54, 1.807) is 7.11 Å². The molecule has 22 heavy (non-hydrogen) atoms. The number of amides is 2. The lowest BCUT2D eigenvalue weighted by Crippen LogP contribution is -2.28. The Morgan fingerprint density at radius 2 is 1.86 bits per heavy atom. The Morgan fingerprint density at radius 3 is 2.45 bits per heavy atom. The third kappa shape index (κ3) is 4.15. The molecule has 0 fully saturated rings. The number of carbonyl (C=O) groups is 1. The molecule has 5 heteroatoms. The molecule has 0 aliphatic carbocycles. The van der Waals surface area contributed by atoms with Crippen molar-refractivity contribution in [3.05, 3.63) is 58.1 Å². The Morgan fingerprint density at radius 1 is 1.18 bits per heavy atom. The van der Waals surface area contributed by atoms with Crippen LogP contribution in [0.3, 0.4) is 0 Å². The molecule has 2 aromatic carbocycles. The molecular weight excluding hydrogens is 300 g/mol. The molecule has 0 spiro atoms. The van der Waals surface area contributed by atoms with E-state index < -0.39 is 0 Å². The van der Waals surface area contributed by atoms with Gasteiger partial charge in [0.2, 0.25) is 0 Å². The van der Waals surface area contributed by atoms with Gasteiger partial charge in [-0.3, -0.25) is 0 Å². The molecule has 0 aromatic heterocycles. The summed E-state index contributed by atoms with van der Waals surface area (Å²) in [4.78, 5) is 12.0. The van der Waals surface area contributed by atoms with E-state index in [9.17, 15) is 4.79 Å². The lowest BCUT2D eigenvalue weighted by Gasteiger charge is -2.12. The number of halogens is 1. The summed E-state index contributed by atoms with van der Waals surface area (Å²) in [7, 11) is 1.62. The quantitative estimate of drug-likeness (QED) is 0.883. The van der Waals surface area contributed by atoms with Crippen LogP contribution in [0.15, 0.2) is 36.4 Å². The summed E-state index contributed by atoms with van der Waals surface area (Å²) in [6, 6.07) is 11.0. The smallest absolute Gasteiger partial charge is 0.319 e. The highest BCUT2D eigenvalue weighted by atomic mass is 35.5. The van der Waals surface area contributed by atoms with E-state index in [-0.39, 0.29) is 6.03 Å². The highest BCUT2D eigenvalue weighted by molar-refractivity contribution is 6.34. The summed E-state index contributed by atoms with van der Waals surface area (Å²) in [5, 5.41) is 6.14. The highest BCUT2D eigenvalue weighted by Gasteiger charge is 2.09. The molecule has 4 nitrogen and oxygen atoms in total. The van der Waals surface area contributed by atoms with Crippen molar-refractivity contribution in [3.8, 4) is 5.75 Å². The summed E-state index contributed by atoms with van der Waals surface area (Å²) in [5.41, 5.74) is 3.62. The van der Waals surface area contributed by atoms with Crippen molar-refractivity contribution in [2.75, 3.05) is 12.4 Å². The Balaban J connectivity index is 1.95. The molecule has 0 heterocycles. The van der Waals surface area contributed by atoms with Crippen LogP contribution in [-0.4, -0.2) is 13.1 Å². The first-order valence-electron chi connectivity index (χ1n) is 6.94. The van der Waals surface area contributed by atoms with Crippen LogP contribution in [0.5, 0.6) is 5.75 Å². The van der Waals surface area contributed by atoms with Gasteiger partial charge in [-0.15, -0.1) is 0 Å². The van der Waals surface area contributed by atoms with Crippen molar-refractivity contribution < 1.29 is 9.53 Å². The van der Waals surface area contributed by atoms with Gasteiger partial charge < -0.3 is 15.4 Å². The molecule has 0 aliphatic heterocycles. The standard InChI is InChI=1S/C17H19ClN2O2/c1-11-8-12(2)16(15(18)9-11)20-17(21)19-10-13-4-6-14(22-3)7-5-13/h4-9H,10H2,1-3H3,(H2,19,20,21). The Hall–Kier alpha value is -2.20. The molecule has 0 saturated heterocycles. The molecule has 0 bridgehead atoms. The van der Waals surface area contributed by atoms with E-state index in [0.29, 0.717) is 17.3 Å². The second-order valence-corrected chi connectivity index (χ2v) is 5.50. The van der Waals surface area contributed by atoms with Crippen LogP contribution < -0.4 is 15.4 Å². The zero-order valence-electron chi connectivity index (χ0n) is 12.9. The summed E-state index contributed by atoms with van der Waals surface area (Å²) in [5.74, 6) is 0.787. The molecule has 2 amide bonds. The lowest BCUT2D eigenvalue weighted by molar-refractivity contribution is 0.251. The number of hydrogen-bond acceptors (Lipinski definition) is 2. The molecule has 0 aliphatic rings. The first-order chi connectivity index (χ1) is 10.5. The SMILES string of the molecule is COc1ccc(CNC(=O)Nc2c(C)cc(C)cc2Cl)cc1. The van der Waals surface area contributed by atoms with Crippen molar-refractivity contribution in [3.63, 3.8) is 0 Å². The highest BCUT2D eigenvalue weighted by Crippen LogP contribution is 2.27. The fraction of sp³-hybridized carbons (Fsp3) is 0.235. The minimum atomic E-state index is -0.287. The number of rotatable bonds is 4. The fourth-order valence-electron chi connectivity index (χ4n) is 2.16. The van der Waals surface area contributed by atoms with Gasteiger partial charge >= 0.3 is 6.03 Å². The topological polar surface area (TPSA) is 50.4 Å². The van der Waals surface area contributed by atoms with E-state index in [0.717, 1.165) is 22.4 Å². The number of nitrogens with one attached hydrogen (secondary N) is 2. The number of aryl methyl sites for hydroxylation is 2. The van der Waals surface area contributed by atoms with Crippen molar-refractivity contribution in [2.24, 2.45) is 0 Å². The predicted molar refractivity (Wildman–Crippen MR) is 89.8 cm³/mol. The maximum absolute atomic E-state index is 12.0. The minimum Gasteiger partial charge on any atom is -0.497 e. The average Bonchev–Trinajstić information content (AvgIpc) is 2.49. The molecule has 0 saturated carbocycles. The summed E-state index contributed by atoms with van der Waals surface area (Å²) in [6.07, 6.45) is 0. The van der Waals surface area contributed by atoms with Gasteiger partial charge in [0.05, 0.1) is 17.8 Å². The first-order valence-corrected chi connectivity index (χ1v) is 7.32. The van der Waals surface area contributed by atoms with E-state index in [4.69, 9.17) is 16.3 Å². The number of ether oxygens (including phenoxy) is 1. The van der Waals surface area contributed by atoms with E-state index in [2.05, 4.69) is 10.6 Å². The Kier molecular flexibility index (Phi) is 5.28. The number of methoxy groups -OCH3 is 1. The van der Waals surface area contributed by atoms with Crippen molar-refractivity contribution in [1.82, 2.24) is 5.32 Å². The van der Waals surface area contributed by atoms with Crippen LogP contribution in [0.1, 0.15) is 16.7 Å². The normalized spacial score (nSPS) is 10.2. The third-order valence-corrected chi connectivity index (χ3v) is 3.58. The second-order valence-electron chi connectivity index (χ2n) is 5.09. The van der Waals surface area contributed by atoms with Crippen molar-refractivity contribution in [2.45, 2.75) is 20.4 Å². The zero-order valence-corrected chi connectivity index (χ0v) is 13.6. The number of urea groups is 1. The largest absolute Gasteiger partial charge is 0.497 e. The molecule has 2 N–H and O–H groups in total. The summed E-state index contributed by atoms with van der Waals surface area (Å²) >= 11 is 6.17. The van der Waals surface area contributed by atoms with Crippen LogP contribution in [0.2, 0.25) is 5.02 Å². The summed E-state index contributed by atoms with van der Waals surface area (Å²) in [6.45, 7) is 4.31. The van der Waals surface area contributed by atoms with Crippen LogP contribution >= 0.6 is 11.6 Å². The fourth-order valence-corrected chi connectivity index (χ4v) is 2.53. The van der Waals surface area contributed by atoms with Gasteiger partial charge in [-0.05, 0) is 48.7 Å². The van der Waals surface area contributed by atoms with Crippen molar-refractivity contribution in [1.29, 1.82) is 0 Å². The predicted octanol–water partition coefficient (Wildman–Crippen LogP) is 4.29. The number of benzene rings is 2. The van der Waals surface area contributed by atoms with Crippen LogP contribution in [0, 0.1) is 13.8 Å². The average molecular weight is 319 g/mol. The third-order valence-electron chi connectivity index (χ3n) is 3.28. The molecule has 2 aromatic rings. The van der Waals surface area contributed by atoms with Gasteiger partial charge in [-0.1, -0.05) is 29.8 Å². The van der Waals surface area contributed by atoms with Gasteiger partial charge in [0.15, 0.2) is 0 Å². The minimum absolute atomic E-state index is 0.287. The number of hydrogen-bond donors (Lipinski definition) is 2. The number of carbonyl (C=O) groups excluding carboxylic acids is 1. The van der Waals surface area contributed by atoms with Gasteiger partial charge in [-0.25, -0.2) is 4.79 Å². The maximum atomic E-state index is 12.0. The maximum Gasteiger partial charge on any atom is 0.319 e. The van der Waals surface area contributed by atoms with Crippen LogP contribution in [-0.2, 0) is 6.54 Å². The van der Waals surface area contributed by atoms with Gasteiger partial charge in [0, 0.05) is 6.54 Å². The van der Waals surface area contributed by atoms with Crippen LogP contribution in [0.4, 0.5) is 10.5 Å². The molecule has 0 atom stereocenters. The molecule has 0 unspecified atom stereocenters. The van der Waals surface area contributed by atoms with Gasteiger partial charge in [-0.2, -0.15) is 0 Å².